The van der Waals surface area contributed by atoms with Gasteiger partial charge >= 0.3 is 0 Å². The second kappa shape index (κ2) is 15.7. The van der Waals surface area contributed by atoms with Gasteiger partial charge in [0.05, 0.1) is 6.42 Å². The molecule has 0 aliphatic heterocycles. The van der Waals surface area contributed by atoms with Gasteiger partial charge in [0.2, 0.25) is 0 Å². The van der Waals surface area contributed by atoms with Crippen molar-refractivity contribution < 1.29 is 18.3 Å². The van der Waals surface area contributed by atoms with E-state index >= 15 is 0 Å². The molecule has 0 atom stereocenters. The Balaban J connectivity index is 0.923. The Hall–Kier alpha value is -4.96. The summed E-state index contributed by atoms with van der Waals surface area (Å²) in [4.78, 5) is 0. The van der Waals surface area contributed by atoms with Crippen molar-refractivity contribution in [2.75, 3.05) is 0 Å². The number of nitrogens with zero attached hydrogens (tertiary/aromatic N) is 4. The van der Waals surface area contributed by atoms with E-state index in [0.29, 0.717) is 0 Å². The van der Waals surface area contributed by atoms with Gasteiger partial charge in [0, 0.05) is 61.4 Å². The Bertz CT molecular complexity index is 1580. The van der Waals surface area contributed by atoms with Crippen molar-refractivity contribution in [2.45, 2.75) is 58.3 Å². The molecule has 4 heteroatoms. The number of benzene rings is 2. The molecule has 0 amide bonds. The summed E-state index contributed by atoms with van der Waals surface area (Å²) < 4.78 is 9.13. The second-order valence-corrected chi connectivity index (χ2v) is 11.8. The Kier molecular flexibility index (Phi) is 10.5. The molecule has 0 spiro atoms. The van der Waals surface area contributed by atoms with Gasteiger partial charge in [-0.25, -0.2) is 18.3 Å². The largest absolute Gasteiger partial charge is 0.205 e. The molecular formula is C41H44N4+4. The van der Waals surface area contributed by atoms with Gasteiger partial charge in [-0.05, 0) is 46.2 Å². The molecule has 0 saturated heterocycles. The first-order valence-electron chi connectivity index (χ1n) is 16.3. The zero-order valence-electron chi connectivity index (χ0n) is 26.2. The van der Waals surface area contributed by atoms with E-state index in [4.69, 9.17) is 0 Å². The third kappa shape index (κ3) is 9.02. The van der Waals surface area contributed by atoms with E-state index in [9.17, 15) is 0 Å². The molecule has 6 aromatic rings. The van der Waals surface area contributed by atoms with Crippen LogP contribution in [0.25, 0.3) is 22.3 Å². The third-order valence-corrected chi connectivity index (χ3v) is 8.51. The summed E-state index contributed by atoms with van der Waals surface area (Å²) in [5.41, 5.74) is 7.84. The van der Waals surface area contributed by atoms with Gasteiger partial charge < -0.3 is 0 Å². The molecule has 0 fully saturated rings. The van der Waals surface area contributed by atoms with Gasteiger partial charge in [0.15, 0.2) is 62.7 Å². The predicted octanol–water partition coefficient (Wildman–Crippen LogP) is 6.53. The molecule has 2 aromatic carbocycles. The zero-order valence-corrected chi connectivity index (χ0v) is 26.2. The van der Waals surface area contributed by atoms with E-state index in [1.54, 1.807) is 0 Å². The van der Waals surface area contributed by atoms with Crippen molar-refractivity contribution in [1.29, 1.82) is 0 Å². The molecule has 0 saturated carbocycles. The minimum absolute atomic E-state index is 0.994. The molecule has 0 unspecified atom stereocenters. The Morgan fingerprint density at radius 2 is 0.556 bits per heavy atom. The summed E-state index contributed by atoms with van der Waals surface area (Å²) in [5, 5.41) is 0. The van der Waals surface area contributed by atoms with E-state index in [2.05, 4.69) is 177 Å². The third-order valence-electron chi connectivity index (χ3n) is 8.51. The van der Waals surface area contributed by atoms with Crippen LogP contribution in [0.15, 0.2) is 159 Å². The molecule has 0 radical (unpaired) electrons. The average molecular weight is 593 g/mol. The van der Waals surface area contributed by atoms with Gasteiger partial charge in [0.1, 0.15) is 13.1 Å². The summed E-state index contributed by atoms with van der Waals surface area (Å²) in [5.74, 6) is 0. The van der Waals surface area contributed by atoms with Crippen LogP contribution in [0.4, 0.5) is 0 Å². The van der Waals surface area contributed by atoms with Gasteiger partial charge in [-0.1, -0.05) is 60.7 Å². The van der Waals surface area contributed by atoms with E-state index in [1.165, 1.54) is 33.4 Å². The first kappa shape index (κ1) is 30.1. The number of rotatable bonds is 14. The maximum atomic E-state index is 2.28. The fraction of sp³-hybridized carbons (Fsp3) is 0.220. The molecule has 0 bridgehead atoms. The van der Waals surface area contributed by atoms with Gasteiger partial charge in [0.25, 0.3) is 0 Å². The lowest BCUT2D eigenvalue weighted by Gasteiger charge is -2.03. The van der Waals surface area contributed by atoms with Crippen molar-refractivity contribution in [3.63, 3.8) is 0 Å². The topological polar surface area (TPSA) is 15.5 Å². The van der Waals surface area contributed by atoms with Gasteiger partial charge in [-0.3, -0.25) is 0 Å². The lowest BCUT2D eigenvalue weighted by molar-refractivity contribution is -0.726. The summed E-state index contributed by atoms with van der Waals surface area (Å²) in [6.45, 7) is 4.06. The normalized spacial score (nSPS) is 11.0. The zero-order chi connectivity index (χ0) is 30.5. The summed E-state index contributed by atoms with van der Waals surface area (Å²) in [7, 11) is 0. The number of aromatic nitrogens is 4. The van der Waals surface area contributed by atoms with Crippen molar-refractivity contribution >= 4 is 0 Å². The molecule has 4 heterocycles. The highest BCUT2D eigenvalue weighted by molar-refractivity contribution is 5.61. The first-order valence-corrected chi connectivity index (χ1v) is 16.3. The van der Waals surface area contributed by atoms with Crippen LogP contribution in [0.2, 0.25) is 0 Å². The number of hydrogen-bond acceptors (Lipinski definition) is 0. The van der Waals surface area contributed by atoms with Crippen LogP contribution < -0.4 is 18.3 Å². The SMILES string of the molecule is c1ccc(CCC[n+]2ccc(-c3cc[n+](CCC[n+]4ccc(-c5cc[n+](CCCc6ccccc6)cc5)cc4)cc3)cc2)cc1. The van der Waals surface area contributed by atoms with Crippen molar-refractivity contribution in [3.05, 3.63) is 170 Å². The predicted molar refractivity (Wildman–Crippen MR) is 179 cm³/mol. The summed E-state index contributed by atoms with van der Waals surface area (Å²) in [6.07, 6.45) is 23.2. The molecule has 0 aliphatic rings. The number of pyridine rings is 4. The first-order chi connectivity index (χ1) is 22.3. The lowest BCUT2D eigenvalue weighted by atomic mass is 10.1. The van der Waals surface area contributed by atoms with Crippen LogP contribution in [0, 0.1) is 0 Å². The van der Waals surface area contributed by atoms with Crippen LogP contribution in [0.1, 0.15) is 30.4 Å². The Morgan fingerprint density at radius 1 is 0.289 bits per heavy atom. The monoisotopic (exact) mass is 592 g/mol. The van der Waals surface area contributed by atoms with Crippen LogP contribution >= 0.6 is 0 Å². The standard InChI is InChI=1S/C41H44N4/c1-3-10-36(11-4-1)14-7-24-42-28-16-38(17-29-42)40-20-32-44(33-21-40)26-9-27-45-34-22-41(23-35-45)39-18-30-43(31-19-39)25-8-15-37-12-5-2-6-13-37/h1-6,10-13,16-23,28-35H,7-9,14-15,24-27H2/q+4. The Morgan fingerprint density at radius 3 is 0.844 bits per heavy atom. The Labute approximate surface area is 268 Å². The summed E-state index contributed by atoms with van der Waals surface area (Å²) >= 11 is 0. The highest BCUT2D eigenvalue weighted by atomic mass is 15.0. The fourth-order valence-corrected chi connectivity index (χ4v) is 5.85. The molecule has 0 N–H and O–H groups in total. The van der Waals surface area contributed by atoms with Crippen molar-refractivity contribution in [1.82, 2.24) is 0 Å². The summed E-state index contributed by atoms with van der Waals surface area (Å²) in [6, 6.07) is 39.3. The lowest BCUT2D eigenvalue weighted by Crippen LogP contribution is -2.38. The molecule has 45 heavy (non-hydrogen) atoms. The fourth-order valence-electron chi connectivity index (χ4n) is 5.85. The van der Waals surface area contributed by atoms with Crippen molar-refractivity contribution in [2.24, 2.45) is 0 Å². The average Bonchev–Trinajstić information content (AvgIpc) is 3.11. The molecule has 6 rings (SSSR count). The quantitative estimate of drug-likeness (QED) is 0.128. The second-order valence-electron chi connectivity index (χ2n) is 11.8. The van der Waals surface area contributed by atoms with E-state index in [-0.39, 0.29) is 0 Å². The smallest absolute Gasteiger partial charge is 0.169 e. The van der Waals surface area contributed by atoms with Gasteiger partial charge in [-0.2, -0.15) is 0 Å². The molecular weight excluding hydrogens is 548 g/mol. The number of aryl methyl sites for hydroxylation is 6. The maximum Gasteiger partial charge on any atom is 0.169 e. The highest BCUT2D eigenvalue weighted by Crippen LogP contribution is 2.17. The van der Waals surface area contributed by atoms with Gasteiger partial charge in [-0.15, -0.1) is 0 Å². The number of hydrogen-bond donors (Lipinski definition) is 0. The highest BCUT2D eigenvalue weighted by Gasteiger charge is 2.09. The van der Waals surface area contributed by atoms with Crippen LogP contribution in [-0.2, 0) is 39.0 Å². The van der Waals surface area contributed by atoms with E-state index in [1.807, 2.05) is 0 Å². The van der Waals surface area contributed by atoms with Crippen LogP contribution in [0.5, 0.6) is 0 Å². The van der Waals surface area contributed by atoms with Crippen molar-refractivity contribution in [3.8, 4) is 22.3 Å². The molecule has 4 nitrogen and oxygen atoms in total. The van der Waals surface area contributed by atoms with E-state index in [0.717, 1.165) is 58.3 Å². The van der Waals surface area contributed by atoms with E-state index < -0.39 is 0 Å². The minimum Gasteiger partial charge on any atom is -0.205 e. The molecule has 4 aromatic heterocycles. The maximum absolute atomic E-state index is 2.28. The van der Waals surface area contributed by atoms with Crippen LogP contribution in [-0.4, -0.2) is 0 Å². The molecule has 0 aliphatic carbocycles. The van der Waals surface area contributed by atoms with Crippen LogP contribution in [0.3, 0.4) is 0 Å². The molecule has 224 valence electrons. The minimum atomic E-state index is 0.994.